The lowest BCUT2D eigenvalue weighted by Gasteiger charge is -2.17. The topological polar surface area (TPSA) is 49.3 Å². The van der Waals surface area contributed by atoms with Gasteiger partial charge < -0.3 is 10.4 Å². The number of rotatable bonds is 6. The van der Waals surface area contributed by atoms with Crippen LogP contribution in [0.3, 0.4) is 0 Å². The van der Waals surface area contributed by atoms with Gasteiger partial charge >= 0.3 is 18.3 Å². The molecule has 2 aromatic rings. The molecule has 0 bridgehead atoms. The second kappa shape index (κ2) is 8.22. The zero-order valence-corrected chi connectivity index (χ0v) is 14.7. The van der Waals surface area contributed by atoms with E-state index < -0.39 is 35.9 Å². The Morgan fingerprint density at radius 2 is 1.61 bits per heavy atom. The SMILES string of the molecule is CCNCc1cc(C(F)(F)F)ccc1-c1cc(CC(=O)O)cc(C(F)(F)F)c1. The van der Waals surface area contributed by atoms with Crippen molar-refractivity contribution in [3.63, 3.8) is 0 Å². The van der Waals surface area contributed by atoms with E-state index in [4.69, 9.17) is 5.11 Å². The van der Waals surface area contributed by atoms with Gasteiger partial charge in [0.2, 0.25) is 0 Å². The summed E-state index contributed by atoms with van der Waals surface area (Å²) < 4.78 is 78.7. The van der Waals surface area contributed by atoms with E-state index in [9.17, 15) is 31.1 Å². The molecule has 0 aromatic heterocycles. The van der Waals surface area contributed by atoms with Gasteiger partial charge in [-0.15, -0.1) is 0 Å². The molecule has 0 unspecified atom stereocenters. The summed E-state index contributed by atoms with van der Waals surface area (Å²) in [6.45, 7) is 2.20. The number of carbonyl (C=O) groups is 1. The Morgan fingerprint density at radius 1 is 0.964 bits per heavy atom. The van der Waals surface area contributed by atoms with Crippen LogP contribution in [0, 0.1) is 0 Å². The average molecular weight is 405 g/mol. The molecule has 152 valence electrons. The monoisotopic (exact) mass is 405 g/mol. The summed E-state index contributed by atoms with van der Waals surface area (Å²) in [5.41, 5.74) is -1.72. The van der Waals surface area contributed by atoms with Gasteiger partial charge in [-0.25, -0.2) is 0 Å². The Bertz CT molecular complexity index is 858. The van der Waals surface area contributed by atoms with Gasteiger partial charge in [0.1, 0.15) is 0 Å². The van der Waals surface area contributed by atoms with Gasteiger partial charge in [-0.2, -0.15) is 26.3 Å². The van der Waals surface area contributed by atoms with Crippen molar-refractivity contribution in [2.75, 3.05) is 6.54 Å². The van der Waals surface area contributed by atoms with Crippen LogP contribution in [-0.4, -0.2) is 17.6 Å². The molecule has 0 saturated heterocycles. The predicted octanol–water partition coefficient (Wildman–Crippen LogP) is 5.13. The van der Waals surface area contributed by atoms with Crippen molar-refractivity contribution in [1.29, 1.82) is 0 Å². The molecule has 0 saturated carbocycles. The molecule has 9 heteroatoms. The highest BCUT2D eigenvalue weighted by molar-refractivity contribution is 5.74. The normalized spacial score (nSPS) is 12.2. The minimum Gasteiger partial charge on any atom is -0.481 e. The van der Waals surface area contributed by atoms with Gasteiger partial charge in [0.05, 0.1) is 17.5 Å². The third kappa shape index (κ3) is 5.48. The smallest absolute Gasteiger partial charge is 0.416 e. The van der Waals surface area contributed by atoms with Crippen molar-refractivity contribution < 1.29 is 36.2 Å². The number of aliphatic carboxylic acids is 1. The molecule has 0 amide bonds. The fourth-order valence-corrected chi connectivity index (χ4v) is 2.75. The summed E-state index contributed by atoms with van der Waals surface area (Å²) in [4.78, 5) is 10.9. The van der Waals surface area contributed by atoms with E-state index in [2.05, 4.69) is 5.32 Å². The number of alkyl halides is 6. The van der Waals surface area contributed by atoms with Crippen molar-refractivity contribution in [3.8, 4) is 11.1 Å². The van der Waals surface area contributed by atoms with Crippen LogP contribution in [0.5, 0.6) is 0 Å². The first kappa shape index (κ1) is 21.7. The second-order valence-electron chi connectivity index (χ2n) is 6.14. The average Bonchev–Trinajstić information content (AvgIpc) is 2.57. The van der Waals surface area contributed by atoms with Crippen LogP contribution in [0.2, 0.25) is 0 Å². The van der Waals surface area contributed by atoms with Crippen molar-refractivity contribution in [3.05, 3.63) is 58.7 Å². The van der Waals surface area contributed by atoms with Gasteiger partial charge in [-0.05, 0) is 53.1 Å². The minimum absolute atomic E-state index is 0.00713. The van der Waals surface area contributed by atoms with Crippen LogP contribution in [0.4, 0.5) is 26.3 Å². The summed E-state index contributed by atoms with van der Waals surface area (Å²) in [7, 11) is 0. The molecule has 0 atom stereocenters. The van der Waals surface area contributed by atoms with Crippen molar-refractivity contribution >= 4 is 5.97 Å². The number of hydrogen-bond donors (Lipinski definition) is 2. The number of hydrogen-bond acceptors (Lipinski definition) is 2. The van der Waals surface area contributed by atoms with E-state index in [0.717, 1.165) is 30.3 Å². The number of benzene rings is 2. The summed E-state index contributed by atoms with van der Waals surface area (Å²) in [5, 5.41) is 11.8. The predicted molar refractivity (Wildman–Crippen MR) is 90.6 cm³/mol. The van der Waals surface area contributed by atoms with Crippen molar-refractivity contribution in [2.45, 2.75) is 32.2 Å². The van der Waals surface area contributed by atoms with E-state index in [1.54, 1.807) is 6.92 Å². The van der Waals surface area contributed by atoms with Gasteiger partial charge in [-0.3, -0.25) is 4.79 Å². The van der Waals surface area contributed by atoms with Gasteiger partial charge in [0, 0.05) is 6.54 Å². The van der Waals surface area contributed by atoms with Crippen LogP contribution in [0.1, 0.15) is 29.2 Å². The highest BCUT2D eigenvalue weighted by atomic mass is 19.4. The van der Waals surface area contributed by atoms with Crippen LogP contribution < -0.4 is 5.32 Å². The highest BCUT2D eigenvalue weighted by Gasteiger charge is 2.33. The van der Waals surface area contributed by atoms with Gasteiger partial charge in [0.25, 0.3) is 0 Å². The molecule has 0 aliphatic rings. The molecule has 0 aliphatic heterocycles. The van der Waals surface area contributed by atoms with Crippen LogP contribution in [-0.2, 0) is 30.1 Å². The Hall–Kier alpha value is -2.55. The quantitative estimate of drug-likeness (QED) is 0.656. The lowest BCUT2D eigenvalue weighted by Crippen LogP contribution is -2.14. The van der Waals surface area contributed by atoms with Crippen LogP contribution in [0.25, 0.3) is 11.1 Å². The summed E-state index contributed by atoms with van der Waals surface area (Å²) >= 11 is 0. The Morgan fingerprint density at radius 3 is 2.14 bits per heavy atom. The number of nitrogens with one attached hydrogen (secondary N) is 1. The summed E-state index contributed by atoms with van der Waals surface area (Å²) in [5.74, 6) is -1.31. The molecule has 0 heterocycles. The molecule has 0 radical (unpaired) electrons. The van der Waals surface area contributed by atoms with Crippen LogP contribution >= 0.6 is 0 Å². The first-order valence-corrected chi connectivity index (χ1v) is 8.26. The zero-order chi connectivity index (χ0) is 21.1. The first-order valence-electron chi connectivity index (χ1n) is 8.26. The largest absolute Gasteiger partial charge is 0.481 e. The zero-order valence-electron chi connectivity index (χ0n) is 14.7. The van der Waals surface area contributed by atoms with E-state index in [1.807, 2.05) is 0 Å². The Labute approximate surface area is 157 Å². The van der Waals surface area contributed by atoms with E-state index in [-0.39, 0.29) is 28.8 Å². The number of halogens is 6. The lowest BCUT2D eigenvalue weighted by atomic mass is 9.93. The van der Waals surface area contributed by atoms with E-state index in [1.165, 1.54) is 6.07 Å². The molecule has 0 spiro atoms. The minimum atomic E-state index is -4.73. The fourth-order valence-electron chi connectivity index (χ4n) is 2.75. The standard InChI is InChI=1S/C19H17F6NO2/c1-2-26-10-13-9-14(18(20,21)22)3-4-16(13)12-5-11(7-17(27)28)6-15(8-12)19(23,24)25/h3-6,8-9,26H,2,7,10H2,1H3,(H,27,28). The highest BCUT2D eigenvalue weighted by Crippen LogP contribution is 2.37. The lowest BCUT2D eigenvalue weighted by molar-refractivity contribution is -0.138. The van der Waals surface area contributed by atoms with Gasteiger partial charge in [-0.1, -0.05) is 19.1 Å². The number of carboxylic acid groups (broad SMARTS) is 1. The Balaban J connectivity index is 2.65. The molecule has 0 aliphatic carbocycles. The molecular weight excluding hydrogens is 388 g/mol. The third-order valence-corrected chi connectivity index (χ3v) is 3.98. The van der Waals surface area contributed by atoms with E-state index in [0.29, 0.717) is 6.54 Å². The van der Waals surface area contributed by atoms with E-state index >= 15 is 0 Å². The molecule has 0 fully saturated rings. The maximum Gasteiger partial charge on any atom is 0.416 e. The molecule has 3 nitrogen and oxygen atoms in total. The molecular formula is C19H17F6NO2. The maximum absolute atomic E-state index is 13.2. The molecule has 2 N–H and O–H groups in total. The summed E-state index contributed by atoms with van der Waals surface area (Å²) in [6.07, 6.45) is -9.96. The third-order valence-electron chi connectivity index (χ3n) is 3.98. The molecule has 28 heavy (non-hydrogen) atoms. The first-order chi connectivity index (χ1) is 12.9. The Kier molecular flexibility index (Phi) is 6.38. The van der Waals surface area contributed by atoms with Crippen LogP contribution in [0.15, 0.2) is 36.4 Å². The molecule has 2 rings (SSSR count). The second-order valence-corrected chi connectivity index (χ2v) is 6.14. The van der Waals surface area contributed by atoms with Gasteiger partial charge in [0.15, 0.2) is 0 Å². The summed E-state index contributed by atoms with van der Waals surface area (Å²) in [6, 6.07) is 5.57. The number of carboxylic acids is 1. The fraction of sp³-hybridized carbons (Fsp3) is 0.316. The maximum atomic E-state index is 13.2. The van der Waals surface area contributed by atoms with Crippen molar-refractivity contribution in [1.82, 2.24) is 5.32 Å². The van der Waals surface area contributed by atoms with Crippen molar-refractivity contribution in [2.24, 2.45) is 0 Å². The molecule has 2 aromatic carbocycles.